The summed E-state index contributed by atoms with van der Waals surface area (Å²) in [4.78, 5) is 14.9. The molecule has 0 fully saturated rings. The lowest BCUT2D eigenvalue weighted by Gasteiger charge is -2.11. The first-order valence-corrected chi connectivity index (χ1v) is 6.97. The zero-order valence-electron chi connectivity index (χ0n) is 10.9. The molecule has 0 unspecified atom stereocenters. The van der Waals surface area contributed by atoms with Gasteiger partial charge in [-0.15, -0.1) is 11.3 Å². The minimum atomic E-state index is 0.474. The summed E-state index contributed by atoms with van der Waals surface area (Å²) in [6.45, 7) is 5.02. The molecule has 1 heterocycles. The van der Waals surface area contributed by atoms with Crippen molar-refractivity contribution < 1.29 is 14.3 Å². The molecule has 0 aliphatic rings. The zero-order valence-corrected chi connectivity index (χ0v) is 11.7. The number of thiazole rings is 1. The highest BCUT2D eigenvalue weighted by Crippen LogP contribution is 2.33. The molecule has 0 aliphatic heterocycles. The van der Waals surface area contributed by atoms with Crippen molar-refractivity contribution in [3.8, 4) is 22.8 Å². The van der Waals surface area contributed by atoms with Crippen LogP contribution < -0.4 is 9.47 Å². The molecule has 0 amide bonds. The molecule has 2 aromatic rings. The van der Waals surface area contributed by atoms with E-state index < -0.39 is 0 Å². The van der Waals surface area contributed by atoms with E-state index in [4.69, 9.17) is 9.47 Å². The standard InChI is InChI=1S/C14H15NO3S/c1-3-17-12-6-5-10(7-13(12)18-4-2)11-9-19-14(8-16)15-11/h5-9H,3-4H2,1-2H3. The summed E-state index contributed by atoms with van der Waals surface area (Å²) in [6.07, 6.45) is 0.756. The van der Waals surface area contributed by atoms with Crippen molar-refractivity contribution in [1.29, 1.82) is 0 Å². The maximum atomic E-state index is 10.7. The molecule has 0 saturated heterocycles. The molecule has 2 rings (SSSR count). The normalized spacial score (nSPS) is 10.2. The lowest BCUT2D eigenvalue weighted by Crippen LogP contribution is -1.98. The number of nitrogens with zero attached hydrogens (tertiary/aromatic N) is 1. The molecule has 0 bridgehead atoms. The smallest absolute Gasteiger partial charge is 0.178 e. The van der Waals surface area contributed by atoms with Crippen LogP contribution in [0.4, 0.5) is 0 Å². The summed E-state index contributed by atoms with van der Waals surface area (Å²) < 4.78 is 11.1. The SMILES string of the molecule is CCOc1ccc(-c2csc(C=O)n2)cc1OCC. The van der Waals surface area contributed by atoms with Gasteiger partial charge in [0.25, 0.3) is 0 Å². The summed E-state index contributed by atoms with van der Waals surface area (Å²) in [7, 11) is 0. The van der Waals surface area contributed by atoms with Gasteiger partial charge in [0.1, 0.15) is 0 Å². The number of ether oxygens (including phenoxy) is 2. The molecule has 1 aromatic carbocycles. The Hall–Kier alpha value is -1.88. The summed E-state index contributed by atoms with van der Waals surface area (Å²) in [5.74, 6) is 1.42. The monoisotopic (exact) mass is 277 g/mol. The van der Waals surface area contributed by atoms with E-state index in [1.54, 1.807) is 0 Å². The van der Waals surface area contributed by atoms with E-state index in [2.05, 4.69) is 4.98 Å². The van der Waals surface area contributed by atoms with Crippen molar-refractivity contribution in [2.24, 2.45) is 0 Å². The van der Waals surface area contributed by atoms with E-state index >= 15 is 0 Å². The Labute approximate surface area is 116 Å². The van der Waals surface area contributed by atoms with Crippen LogP contribution in [0.15, 0.2) is 23.6 Å². The average Bonchev–Trinajstić information content (AvgIpc) is 2.90. The molecular weight excluding hydrogens is 262 g/mol. The molecule has 0 saturated carbocycles. The average molecular weight is 277 g/mol. The van der Waals surface area contributed by atoms with Gasteiger partial charge in [-0.3, -0.25) is 4.79 Å². The molecule has 1 aromatic heterocycles. The van der Waals surface area contributed by atoms with Gasteiger partial charge in [0.15, 0.2) is 22.8 Å². The number of carbonyl (C=O) groups excluding carboxylic acids is 1. The fourth-order valence-corrected chi connectivity index (χ4v) is 2.31. The molecule has 5 heteroatoms. The highest BCUT2D eigenvalue weighted by atomic mass is 32.1. The predicted molar refractivity (Wildman–Crippen MR) is 75.3 cm³/mol. The van der Waals surface area contributed by atoms with Crippen molar-refractivity contribution in [2.75, 3.05) is 13.2 Å². The highest BCUT2D eigenvalue weighted by molar-refractivity contribution is 7.11. The fourth-order valence-electron chi connectivity index (χ4n) is 1.68. The topological polar surface area (TPSA) is 48.4 Å². The van der Waals surface area contributed by atoms with Gasteiger partial charge in [0, 0.05) is 10.9 Å². The Bertz CT molecular complexity index is 566. The van der Waals surface area contributed by atoms with Gasteiger partial charge in [-0.2, -0.15) is 0 Å². The molecule has 100 valence electrons. The van der Waals surface area contributed by atoms with Crippen molar-refractivity contribution in [2.45, 2.75) is 13.8 Å². The third-order valence-electron chi connectivity index (χ3n) is 2.46. The van der Waals surface area contributed by atoms with E-state index in [0.29, 0.717) is 24.0 Å². The van der Waals surface area contributed by atoms with Gasteiger partial charge in [-0.1, -0.05) is 0 Å². The molecule has 0 radical (unpaired) electrons. The van der Waals surface area contributed by atoms with Crippen molar-refractivity contribution in [3.63, 3.8) is 0 Å². The zero-order chi connectivity index (χ0) is 13.7. The first-order chi connectivity index (χ1) is 9.28. The quantitative estimate of drug-likeness (QED) is 0.759. The molecule has 4 nitrogen and oxygen atoms in total. The van der Waals surface area contributed by atoms with Crippen molar-refractivity contribution in [1.82, 2.24) is 4.98 Å². The second-order valence-corrected chi connectivity index (χ2v) is 4.61. The number of hydrogen-bond donors (Lipinski definition) is 0. The Balaban J connectivity index is 2.36. The summed E-state index contributed by atoms with van der Waals surface area (Å²) in [5.41, 5.74) is 1.69. The van der Waals surface area contributed by atoms with E-state index in [9.17, 15) is 4.79 Å². The third kappa shape index (κ3) is 3.12. The number of aldehydes is 1. The van der Waals surface area contributed by atoms with E-state index in [0.717, 1.165) is 23.3 Å². The Morgan fingerprint density at radius 3 is 2.58 bits per heavy atom. The number of benzene rings is 1. The second-order valence-electron chi connectivity index (χ2n) is 3.72. The predicted octanol–water partition coefficient (Wildman–Crippen LogP) is 3.42. The number of rotatable bonds is 6. The maximum absolute atomic E-state index is 10.7. The highest BCUT2D eigenvalue weighted by Gasteiger charge is 2.09. The summed E-state index contributed by atoms with van der Waals surface area (Å²) in [6, 6.07) is 5.67. The van der Waals surface area contributed by atoms with Gasteiger partial charge in [-0.25, -0.2) is 4.98 Å². The van der Waals surface area contributed by atoms with Crippen LogP contribution >= 0.6 is 11.3 Å². The lowest BCUT2D eigenvalue weighted by molar-refractivity contribution is 0.112. The minimum absolute atomic E-state index is 0.474. The van der Waals surface area contributed by atoms with Crippen molar-refractivity contribution in [3.05, 3.63) is 28.6 Å². The van der Waals surface area contributed by atoms with Crippen LogP contribution in [0, 0.1) is 0 Å². The maximum Gasteiger partial charge on any atom is 0.178 e. The number of carbonyl (C=O) groups is 1. The fraction of sp³-hybridized carbons (Fsp3) is 0.286. The molecule has 19 heavy (non-hydrogen) atoms. The molecular formula is C14H15NO3S. The largest absolute Gasteiger partial charge is 0.490 e. The Kier molecular flexibility index (Phi) is 4.52. The van der Waals surface area contributed by atoms with Crippen LogP contribution in [0.3, 0.4) is 0 Å². The number of aromatic nitrogens is 1. The van der Waals surface area contributed by atoms with Crippen LogP contribution in [0.5, 0.6) is 11.5 Å². The third-order valence-corrected chi connectivity index (χ3v) is 3.23. The second kappa shape index (κ2) is 6.33. The van der Waals surface area contributed by atoms with Crippen LogP contribution in [-0.2, 0) is 0 Å². The Morgan fingerprint density at radius 1 is 1.21 bits per heavy atom. The van der Waals surface area contributed by atoms with E-state index in [-0.39, 0.29) is 0 Å². The van der Waals surface area contributed by atoms with E-state index in [1.165, 1.54) is 11.3 Å². The van der Waals surface area contributed by atoms with Gasteiger partial charge in [0.2, 0.25) is 0 Å². The van der Waals surface area contributed by atoms with Gasteiger partial charge >= 0.3 is 0 Å². The van der Waals surface area contributed by atoms with Gasteiger partial charge in [0.05, 0.1) is 18.9 Å². The minimum Gasteiger partial charge on any atom is -0.490 e. The van der Waals surface area contributed by atoms with E-state index in [1.807, 2.05) is 37.4 Å². The van der Waals surface area contributed by atoms with Crippen LogP contribution in [-0.4, -0.2) is 24.5 Å². The lowest BCUT2D eigenvalue weighted by atomic mass is 10.1. The van der Waals surface area contributed by atoms with Crippen LogP contribution in [0.2, 0.25) is 0 Å². The number of hydrogen-bond acceptors (Lipinski definition) is 5. The summed E-state index contributed by atoms with van der Waals surface area (Å²) in [5, 5.41) is 2.33. The molecule has 0 aliphatic carbocycles. The van der Waals surface area contributed by atoms with Crippen LogP contribution in [0.25, 0.3) is 11.3 Å². The first-order valence-electron chi connectivity index (χ1n) is 6.09. The first kappa shape index (κ1) is 13.5. The van der Waals surface area contributed by atoms with Gasteiger partial charge < -0.3 is 9.47 Å². The van der Waals surface area contributed by atoms with Gasteiger partial charge in [-0.05, 0) is 32.0 Å². The summed E-state index contributed by atoms with van der Waals surface area (Å²) >= 11 is 1.33. The van der Waals surface area contributed by atoms with Crippen LogP contribution in [0.1, 0.15) is 23.6 Å². The molecule has 0 N–H and O–H groups in total. The molecule has 0 spiro atoms. The van der Waals surface area contributed by atoms with Crippen molar-refractivity contribution >= 4 is 17.6 Å². The molecule has 0 atom stereocenters. The Morgan fingerprint density at radius 2 is 1.95 bits per heavy atom.